The molecule has 1 N–H and O–H groups in total. The first-order chi connectivity index (χ1) is 8.42. The van der Waals surface area contributed by atoms with Gasteiger partial charge in [0.25, 0.3) is 0 Å². The molecule has 2 rings (SSSR count). The molecule has 7 heteroatoms. The van der Waals surface area contributed by atoms with Crippen LogP contribution in [0, 0.1) is 0 Å². The first-order valence-electron chi connectivity index (χ1n) is 5.91. The molecule has 0 bridgehead atoms. The molecule has 0 spiro atoms. The van der Waals surface area contributed by atoms with E-state index in [4.69, 9.17) is 0 Å². The highest BCUT2D eigenvalue weighted by molar-refractivity contribution is 4.93. The highest BCUT2D eigenvalue weighted by atomic mass is 15.4. The van der Waals surface area contributed by atoms with E-state index in [-0.39, 0.29) is 5.54 Å². The van der Waals surface area contributed by atoms with Crippen LogP contribution in [0.2, 0.25) is 0 Å². The van der Waals surface area contributed by atoms with Gasteiger partial charge in [-0.2, -0.15) is 5.10 Å². The van der Waals surface area contributed by atoms with Crippen molar-refractivity contribution in [3.63, 3.8) is 0 Å². The Morgan fingerprint density at radius 3 is 2.72 bits per heavy atom. The smallest absolute Gasteiger partial charge is 0.164 e. The Morgan fingerprint density at radius 1 is 1.33 bits per heavy atom. The van der Waals surface area contributed by atoms with Gasteiger partial charge in [-0.05, 0) is 20.8 Å². The van der Waals surface area contributed by atoms with E-state index < -0.39 is 0 Å². The maximum atomic E-state index is 4.38. The van der Waals surface area contributed by atoms with E-state index in [9.17, 15) is 0 Å². The molecule has 0 aromatic carbocycles. The summed E-state index contributed by atoms with van der Waals surface area (Å²) in [6.45, 7) is 7.60. The topological polar surface area (TPSA) is 73.5 Å². The van der Waals surface area contributed by atoms with Crippen molar-refractivity contribution < 1.29 is 0 Å². The van der Waals surface area contributed by atoms with Crippen LogP contribution < -0.4 is 5.32 Å². The molecule has 0 amide bonds. The maximum Gasteiger partial charge on any atom is 0.164 e. The van der Waals surface area contributed by atoms with E-state index in [0.717, 1.165) is 11.5 Å². The first kappa shape index (κ1) is 12.7. The second-order valence-electron chi connectivity index (χ2n) is 5.35. The standard InChI is InChI=1S/C11H19N7/c1-11(2,3)13-5-10-12-8-18(15-10)7-9-6-17(4)16-14-9/h6,8,13H,5,7H2,1-4H3. The van der Waals surface area contributed by atoms with Gasteiger partial charge < -0.3 is 5.32 Å². The molecule has 0 aliphatic rings. The van der Waals surface area contributed by atoms with Gasteiger partial charge in [-0.15, -0.1) is 5.10 Å². The van der Waals surface area contributed by atoms with Crippen LogP contribution in [0.15, 0.2) is 12.5 Å². The minimum Gasteiger partial charge on any atom is -0.305 e. The summed E-state index contributed by atoms with van der Waals surface area (Å²) in [6.07, 6.45) is 3.59. The Hall–Kier alpha value is -1.76. The molecule has 0 unspecified atom stereocenters. The fourth-order valence-electron chi connectivity index (χ4n) is 1.47. The second-order valence-corrected chi connectivity index (χ2v) is 5.35. The fraction of sp³-hybridized carbons (Fsp3) is 0.636. The van der Waals surface area contributed by atoms with E-state index in [1.807, 2.05) is 13.2 Å². The molecule has 0 saturated heterocycles. The molecule has 0 saturated carbocycles. The monoisotopic (exact) mass is 249 g/mol. The summed E-state index contributed by atoms with van der Waals surface area (Å²) in [4.78, 5) is 4.26. The molecular formula is C11H19N7. The molecular weight excluding hydrogens is 230 g/mol. The summed E-state index contributed by atoms with van der Waals surface area (Å²) in [6, 6.07) is 0. The number of aromatic nitrogens is 6. The minimum absolute atomic E-state index is 0.0658. The van der Waals surface area contributed by atoms with Crippen LogP contribution >= 0.6 is 0 Å². The van der Waals surface area contributed by atoms with Crippen molar-refractivity contribution in [1.29, 1.82) is 0 Å². The lowest BCUT2D eigenvalue weighted by molar-refractivity contribution is 0.417. The summed E-state index contributed by atoms with van der Waals surface area (Å²) < 4.78 is 3.44. The third-order valence-electron chi connectivity index (χ3n) is 2.33. The normalized spacial score (nSPS) is 12.0. The van der Waals surface area contributed by atoms with Crippen molar-refractivity contribution in [2.75, 3.05) is 0 Å². The van der Waals surface area contributed by atoms with Crippen molar-refractivity contribution in [1.82, 2.24) is 35.1 Å². The molecule has 2 aromatic heterocycles. The molecule has 98 valence electrons. The molecule has 2 aromatic rings. The van der Waals surface area contributed by atoms with Crippen LogP contribution in [-0.4, -0.2) is 35.3 Å². The number of hydrogen-bond donors (Lipinski definition) is 1. The fourth-order valence-corrected chi connectivity index (χ4v) is 1.47. The number of rotatable bonds is 4. The van der Waals surface area contributed by atoms with Gasteiger partial charge in [0.05, 0.1) is 13.1 Å². The quantitative estimate of drug-likeness (QED) is 0.846. The second kappa shape index (κ2) is 4.85. The van der Waals surface area contributed by atoms with E-state index in [1.165, 1.54) is 0 Å². The van der Waals surface area contributed by atoms with Gasteiger partial charge in [0.1, 0.15) is 12.0 Å². The van der Waals surface area contributed by atoms with Crippen LogP contribution in [0.4, 0.5) is 0 Å². The Labute approximate surface area is 106 Å². The van der Waals surface area contributed by atoms with Crippen molar-refractivity contribution in [3.05, 3.63) is 24.0 Å². The summed E-state index contributed by atoms with van der Waals surface area (Å²) >= 11 is 0. The molecule has 18 heavy (non-hydrogen) atoms. The van der Waals surface area contributed by atoms with Gasteiger partial charge in [-0.25, -0.2) is 9.67 Å². The maximum absolute atomic E-state index is 4.38. The zero-order valence-corrected chi connectivity index (χ0v) is 11.3. The van der Waals surface area contributed by atoms with Crippen LogP contribution in [-0.2, 0) is 20.1 Å². The zero-order chi connectivity index (χ0) is 13.2. The van der Waals surface area contributed by atoms with E-state index in [0.29, 0.717) is 13.1 Å². The summed E-state index contributed by atoms with van der Waals surface area (Å²) in [5.41, 5.74) is 0.939. The van der Waals surface area contributed by atoms with Crippen molar-refractivity contribution in [2.45, 2.75) is 39.4 Å². The largest absolute Gasteiger partial charge is 0.305 e. The van der Waals surface area contributed by atoms with Gasteiger partial charge in [0.2, 0.25) is 0 Å². The molecule has 7 nitrogen and oxygen atoms in total. The van der Waals surface area contributed by atoms with E-state index in [2.05, 4.69) is 46.5 Å². The Kier molecular flexibility index (Phi) is 3.42. The Bertz CT molecular complexity index is 505. The lowest BCUT2D eigenvalue weighted by Gasteiger charge is -2.18. The minimum atomic E-state index is 0.0658. The highest BCUT2D eigenvalue weighted by Gasteiger charge is 2.10. The van der Waals surface area contributed by atoms with Crippen LogP contribution in [0.1, 0.15) is 32.3 Å². The summed E-state index contributed by atoms with van der Waals surface area (Å²) in [5, 5.41) is 15.6. The molecule has 0 aliphatic heterocycles. The number of aryl methyl sites for hydroxylation is 1. The zero-order valence-electron chi connectivity index (χ0n) is 11.3. The average Bonchev–Trinajstić information content (AvgIpc) is 2.85. The molecule has 0 radical (unpaired) electrons. The van der Waals surface area contributed by atoms with Crippen LogP contribution in [0.3, 0.4) is 0 Å². The molecule has 0 atom stereocenters. The van der Waals surface area contributed by atoms with Gasteiger partial charge in [-0.1, -0.05) is 5.21 Å². The Balaban J connectivity index is 1.94. The lowest BCUT2D eigenvalue weighted by atomic mass is 10.1. The third kappa shape index (κ3) is 3.63. The van der Waals surface area contributed by atoms with Gasteiger partial charge >= 0.3 is 0 Å². The number of hydrogen-bond acceptors (Lipinski definition) is 5. The van der Waals surface area contributed by atoms with Gasteiger partial charge in [-0.3, -0.25) is 4.68 Å². The third-order valence-corrected chi connectivity index (χ3v) is 2.33. The SMILES string of the molecule is Cn1cc(Cn2cnc(CNC(C)(C)C)n2)nn1. The lowest BCUT2D eigenvalue weighted by Crippen LogP contribution is -2.35. The van der Waals surface area contributed by atoms with E-state index in [1.54, 1.807) is 15.7 Å². The summed E-state index contributed by atoms with van der Waals surface area (Å²) in [7, 11) is 1.84. The van der Waals surface area contributed by atoms with E-state index >= 15 is 0 Å². The van der Waals surface area contributed by atoms with Gasteiger partial charge in [0, 0.05) is 18.8 Å². The number of nitrogens with one attached hydrogen (secondary N) is 1. The predicted molar refractivity (Wildman–Crippen MR) is 66.7 cm³/mol. The molecule has 2 heterocycles. The predicted octanol–water partition coefficient (Wildman–Crippen LogP) is 0.343. The van der Waals surface area contributed by atoms with Crippen LogP contribution in [0.25, 0.3) is 0 Å². The Morgan fingerprint density at radius 2 is 2.11 bits per heavy atom. The molecule has 0 fully saturated rings. The van der Waals surface area contributed by atoms with Crippen molar-refractivity contribution in [3.8, 4) is 0 Å². The highest BCUT2D eigenvalue weighted by Crippen LogP contribution is 2.01. The first-order valence-corrected chi connectivity index (χ1v) is 5.91. The average molecular weight is 249 g/mol. The summed E-state index contributed by atoms with van der Waals surface area (Å²) in [5.74, 6) is 0.786. The molecule has 0 aliphatic carbocycles. The van der Waals surface area contributed by atoms with Crippen molar-refractivity contribution >= 4 is 0 Å². The van der Waals surface area contributed by atoms with Gasteiger partial charge in [0.15, 0.2) is 5.82 Å². The van der Waals surface area contributed by atoms with Crippen LogP contribution in [0.5, 0.6) is 0 Å². The van der Waals surface area contributed by atoms with Crippen molar-refractivity contribution in [2.24, 2.45) is 7.05 Å². The number of nitrogens with zero attached hydrogens (tertiary/aromatic N) is 6.